The van der Waals surface area contributed by atoms with E-state index in [0.717, 1.165) is 12.0 Å². The SMILES string of the molecule is Cc1ccc(CC(N)c2c(Cl)cccc2Cl)cc1C. The van der Waals surface area contributed by atoms with Gasteiger partial charge < -0.3 is 5.73 Å². The van der Waals surface area contributed by atoms with E-state index in [1.165, 1.54) is 16.7 Å². The maximum Gasteiger partial charge on any atom is 0.0468 e. The lowest BCUT2D eigenvalue weighted by Gasteiger charge is -2.16. The second kappa shape index (κ2) is 5.96. The lowest BCUT2D eigenvalue weighted by Crippen LogP contribution is -2.14. The molecule has 19 heavy (non-hydrogen) atoms. The fraction of sp³-hybridized carbons (Fsp3) is 0.250. The molecule has 0 saturated carbocycles. The molecular formula is C16H17Cl2N. The Kier molecular flexibility index (Phi) is 4.51. The Balaban J connectivity index is 2.25. The highest BCUT2D eigenvalue weighted by molar-refractivity contribution is 6.36. The fourth-order valence-corrected chi connectivity index (χ4v) is 2.83. The summed E-state index contributed by atoms with van der Waals surface area (Å²) in [7, 11) is 0. The van der Waals surface area contributed by atoms with E-state index >= 15 is 0 Å². The van der Waals surface area contributed by atoms with E-state index < -0.39 is 0 Å². The Bertz CT molecular complexity index is 573. The van der Waals surface area contributed by atoms with Crippen molar-refractivity contribution in [2.75, 3.05) is 0 Å². The van der Waals surface area contributed by atoms with E-state index in [9.17, 15) is 0 Å². The van der Waals surface area contributed by atoms with Gasteiger partial charge in [-0.1, -0.05) is 47.5 Å². The second-order valence-electron chi connectivity index (χ2n) is 4.86. The Morgan fingerprint density at radius 1 is 1.00 bits per heavy atom. The first-order valence-electron chi connectivity index (χ1n) is 6.24. The summed E-state index contributed by atoms with van der Waals surface area (Å²) in [6, 6.07) is 11.7. The standard InChI is InChI=1S/C16H17Cl2N/c1-10-6-7-12(8-11(10)2)9-15(19)16-13(17)4-3-5-14(16)18/h3-8,15H,9,19H2,1-2H3. The van der Waals surface area contributed by atoms with Crippen LogP contribution in [0.5, 0.6) is 0 Å². The van der Waals surface area contributed by atoms with Crippen LogP contribution in [0.25, 0.3) is 0 Å². The zero-order valence-electron chi connectivity index (χ0n) is 11.1. The average molecular weight is 294 g/mol. The highest BCUT2D eigenvalue weighted by atomic mass is 35.5. The number of halogens is 2. The van der Waals surface area contributed by atoms with Gasteiger partial charge in [-0.15, -0.1) is 0 Å². The van der Waals surface area contributed by atoms with Gasteiger partial charge in [0.25, 0.3) is 0 Å². The molecular weight excluding hydrogens is 277 g/mol. The molecule has 2 aromatic rings. The van der Waals surface area contributed by atoms with Crippen molar-refractivity contribution < 1.29 is 0 Å². The van der Waals surface area contributed by atoms with Crippen LogP contribution in [0.15, 0.2) is 36.4 Å². The van der Waals surface area contributed by atoms with E-state index in [2.05, 4.69) is 32.0 Å². The Morgan fingerprint density at radius 3 is 2.21 bits per heavy atom. The molecule has 2 rings (SSSR count). The van der Waals surface area contributed by atoms with Gasteiger partial charge in [0.05, 0.1) is 0 Å². The zero-order chi connectivity index (χ0) is 14.0. The smallest absolute Gasteiger partial charge is 0.0468 e. The van der Waals surface area contributed by atoms with E-state index in [0.29, 0.717) is 10.0 Å². The third-order valence-electron chi connectivity index (χ3n) is 3.40. The van der Waals surface area contributed by atoms with Gasteiger partial charge in [-0.2, -0.15) is 0 Å². The predicted molar refractivity (Wildman–Crippen MR) is 83.0 cm³/mol. The van der Waals surface area contributed by atoms with E-state index in [4.69, 9.17) is 28.9 Å². The number of hydrogen-bond donors (Lipinski definition) is 1. The van der Waals surface area contributed by atoms with Crippen molar-refractivity contribution in [1.29, 1.82) is 0 Å². The molecule has 0 aliphatic carbocycles. The average Bonchev–Trinajstić information content (AvgIpc) is 2.33. The highest BCUT2D eigenvalue weighted by Crippen LogP contribution is 2.31. The summed E-state index contributed by atoms with van der Waals surface area (Å²) < 4.78 is 0. The number of hydrogen-bond acceptors (Lipinski definition) is 1. The van der Waals surface area contributed by atoms with Crippen LogP contribution in [0.4, 0.5) is 0 Å². The van der Waals surface area contributed by atoms with Crippen LogP contribution in [0.1, 0.15) is 28.3 Å². The van der Waals surface area contributed by atoms with Gasteiger partial charge in [-0.05, 0) is 49.1 Å². The molecule has 100 valence electrons. The minimum atomic E-state index is -0.191. The molecule has 1 nitrogen and oxygen atoms in total. The van der Waals surface area contributed by atoms with E-state index in [1.807, 2.05) is 18.2 Å². The summed E-state index contributed by atoms with van der Waals surface area (Å²) in [5, 5.41) is 1.26. The first kappa shape index (κ1) is 14.4. The van der Waals surface area contributed by atoms with Crippen LogP contribution in [0, 0.1) is 13.8 Å². The molecule has 0 aliphatic rings. The van der Waals surface area contributed by atoms with Crippen LogP contribution in [-0.2, 0) is 6.42 Å². The van der Waals surface area contributed by atoms with Crippen molar-refractivity contribution in [2.45, 2.75) is 26.3 Å². The molecule has 1 unspecified atom stereocenters. The van der Waals surface area contributed by atoms with Crippen molar-refractivity contribution in [3.05, 3.63) is 68.7 Å². The topological polar surface area (TPSA) is 26.0 Å². The van der Waals surface area contributed by atoms with Crippen molar-refractivity contribution in [1.82, 2.24) is 0 Å². The Labute approximate surface area is 124 Å². The number of rotatable bonds is 3. The van der Waals surface area contributed by atoms with Gasteiger partial charge in [0.15, 0.2) is 0 Å². The molecule has 3 heteroatoms. The van der Waals surface area contributed by atoms with Gasteiger partial charge >= 0.3 is 0 Å². The lowest BCUT2D eigenvalue weighted by atomic mass is 9.97. The normalized spacial score (nSPS) is 12.5. The van der Waals surface area contributed by atoms with Gasteiger partial charge in [0, 0.05) is 21.7 Å². The first-order valence-corrected chi connectivity index (χ1v) is 7.00. The van der Waals surface area contributed by atoms with E-state index in [1.54, 1.807) is 0 Å². The summed E-state index contributed by atoms with van der Waals surface area (Å²) in [4.78, 5) is 0. The largest absolute Gasteiger partial charge is 0.324 e. The molecule has 0 bridgehead atoms. The molecule has 2 aromatic carbocycles. The maximum atomic E-state index is 6.25. The number of nitrogens with two attached hydrogens (primary N) is 1. The van der Waals surface area contributed by atoms with Gasteiger partial charge in [-0.3, -0.25) is 0 Å². The minimum Gasteiger partial charge on any atom is -0.324 e. The van der Waals surface area contributed by atoms with Crippen molar-refractivity contribution >= 4 is 23.2 Å². The van der Waals surface area contributed by atoms with Crippen LogP contribution in [0.2, 0.25) is 10.0 Å². The molecule has 1 atom stereocenters. The van der Waals surface area contributed by atoms with Gasteiger partial charge in [0.1, 0.15) is 0 Å². The summed E-state index contributed by atoms with van der Waals surface area (Å²) in [5.41, 5.74) is 10.8. The Hall–Kier alpha value is -1.02. The second-order valence-corrected chi connectivity index (χ2v) is 5.68. The summed E-state index contributed by atoms with van der Waals surface area (Å²) in [6.07, 6.45) is 0.727. The van der Waals surface area contributed by atoms with Crippen molar-refractivity contribution in [3.8, 4) is 0 Å². The fourth-order valence-electron chi connectivity index (χ4n) is 2.15. The molecule has 0 aliphatic heterocycles. The molecule has 0 saturated heterocycles. The molecule has 0 spiro atoms. The van der Waals surface area contributed by atoms with Gasteiger partial charge in [0.2, 0.25) is 0 Å². The maximum absolute atomic E-state index is 6.25. The molecule has 0 fully saturated rings. The lowest BCUT2D eigenvalue weighted by molar-refractivity contribution is 0.722. The molecule has 0 aromatic heterocycles. The number of aryl methyl sites for hydroxylation is 2. The molecule has 2 N–H and O–H groups in total. The molecule has 0 heterocycles. The van der Waals surface area contributed by atoms with Crippen molar-refractivity contribution in [3.63, 3.8) is 0 Å². The van der Waals surface area contributed by atoms with Crippen LogP contribution in [0.3, 0.4) is 0 Å². The predicted octanol–water partition coefficient (Wildman–Crippen LogP) is 4.85. The monoisotopic (exact) mass is 293 g/mol. The van der Waals surface area contributed by atoms with Crippen LogP contribution in [-0.4, -0.2) is 0 Å². The third-order valence-corrected chi connectivity index (χ3v) is 4.06. The third kappa shape index (κ3) is 3.30. The quantitative estimate of drug-likeness (QED) is 0.860. The molecule has 0 amide bonds. The van der Waals surface area contributed by atoms with Gasteiger partial charge in [-0.25, -0.2) is 0 Å². The number of benzene rings is 2. The highest BCUT2D eigenvalue weighted by Gasteiger charge is 2.14. The zero-order valence-corrected chi connectivity index (χ0v) is 12.6. The van der Waals surface area contributed by atoms with Crippen LogP contribution >= 0.6 is 23.2 Å². The first-order chi connectivity index (χ1) is 8.99. The van der Waals surface area contributed by atoms with Crippen molar-refractivity contribution in [2.24, 2.45) is 5.73 Å². The summed E-state index contributed by atoms with van der Waals surface area (Å²) in [6.45, 7) is 4.21. The summed E-state index contributed by atoms with van der Waals surface area (Å²) >= 11 is 12.4. The van der Waals surface area contributed by atoms with Crippen LogP contribution < -0.4 is 5.73 Å². The minimum absolute atomic E-state index is 0.191. The van der Waals surface area contributed by atoms with E-state index in [-0.39, 0.29) is 6.04 Å². The Morgan fingerprint density at radius 2 is 1.63 bits per heavy atom. The summed E-state index contributed by atoms with van der Waals surface area (Å²) in [5.74, 6) is 0. The molecule has 0 radical (unpaired) electrons.